The van der Waals surface area contributed by atoms with Crippen LogP contribution in [0.1, 0.15) is 5.56 Å². The second kappa shape index (κ2) is 7.56. The molecule has 140 valence electrons. The highest BCUT2D eigenvalue weighted by Crippen LogP contribution is 2.24. The zero-order valence-corrected chi connectivity index (χ0v) is 15.9. The Kier molecular flexibility index (Phi) is 4.81. The number of H-pyrrole nitrogens is 1. The predicted molar refractivity (Wildman–Crippen MR) is 115 cm³/mol. The Morgan fingerprint density at radius 2 is 1.75 bits per heavy atom. The molecular formula is C23H22N4O. The van der Waals surface area contributed by atoms with Gasteiger partial charge in [0, 0.05) is 31.0 Å². The molecule has 0 aliphatic rings. The fourth-order valence-corrected chi connectivity index (χ4v) is 3.13. The van der Waals surface area contributed by atoms with Crippen LogP contribution in [0, 0.1) is 0 Å². The van der Waals surface area contributed by atoms with Crippen LogP contribution in [0.3, 0.4) is 0 Å². The fourth-order valence-electron chi connectivity index (χ4n) is 3.13. The summed E-state index contributed by atoms with van der Waals surface area (Å²) in [6.07, 6.45) is 0.353. The number of carbonyl (C=O) groups is 1. The number of anilines is 2. The van der Waals surface area contributed by atoms with Gasteiger partial charge < -0.3 is 15.2 Å². The van der Waals surface area contributed by atoms with Gasteiger partial charge in [0.25, 0.3) is 0 Å². The summed E-state index contributed by atoms with van der Waals surface area (Å²) in [7, 11) is 4.04. The van der Waals surface area contributed by atoms with Crippen LogP contribution in [-0.4, -0.2) is 30.0 Å². The monoisotopic (exact) mass is 370 g/mol. The number of aromatic nitrogens is 2. The zero-order chi connectivity index (χ0) is 19.5. The molecule has 4 rings (SSSR count). The molecule has 1 amide bonds. The van der Waals surface area contributed by atoms with Crippen molar-refractivity contribution in [2.45, 2.75) is 6.42 Å². The van der Waals surface area contributed by atoms with Gasteiger partial charge in [-0.05, 0) is 48.0 Å². The van der Waals surface area contributed by atoms with E-state index in [-0.39, 0.29) is 5.91 Å². The number of hydrogen-bond donors (Lipinski definition) is 2. The van der Waals surface area contributed by atoms with Gasteiger partial charge in [0.1, 0.15) is 5.82 Å². The van der Waals surface area contributed by atoms with Crippen molar-refractivity contribution in [3.05, 3.63) is 78.4 Å². The Labute approximate surface area is 164 Å². The van der Waals surface area contributed by atoms with Gasteiger partial charge >= 0.3 is 0 Å². The van der Waals surface area contributed by atoms with E-state index in [0.717, 1.165) is 39.4 Å². The third-order valence-electron chi connectivity index (χ3n) is 4.63. The van der Waals surface area contributed by atoms with Crippen LogP contribution >= 0.6 is 0 Å². The topological polar surface area (TPSA) is 61.0 Å². The molecule has 0 spiro atoms. The van der Waals surface area contributed by atoms with E-state index >= 15 is 0 Å². The second-order valence-electron chi connectivity index (χ2n) is 6.97. The lowest BCUT2D eigenvalue weighted by molar-refractivity contribution is -0.115. The molecule has 1 heterocycles. The van der Waals surface area contributed by atoms with Crippen LogP contribution < -0.4 is 10.2 Å². The van der Waals surface area contributed by atoms with Crippen molar-refractivity contribution in [1.29, 1.82) is 0 Å². The summed E-state index contributed by atoms with van der Waals surface area (Å²) in [5, 5.41) is 2.96. The third-order valence-corrected chi connectivity index (χ3v) is 4.63. The van der Waals surface area contributed by atoms with Crippen molar-refractivity contribution in [2.75, 3.05) is 24.3 Å². The lowest BCUT2D eigenvalue weighted by Crippen LogP contribution is -2.14. The Balaban J connectivity index is 1.52. The highest BCUT2D eigenvalue weighted by Gasteiger charge is 2.09. The first-order chi connectivity index (χ1) is 13.6. The van der Waals surface area contributed by atoms with Gasteiger partial charge in [0.15, 0.2) is 0 Å². The van der Waals surface area contributed by atoms with E-state index in [4.69, 9.17) is 0 Å². The summed E-state index contributed by atoms with van der Waals surface area (Å²) < 4.78 is 0. The molecule has 5 heteroatoms. The Morgan fingerprint density at radius 3 is 2.46 bits per heavy atom. The van der Waals surface area contributed by atoms with Crippen molar-refractivity contribution in [1.82, 2.24) is 9.97 Å². The molecule has 0 atom stereocenters. The van der Waals surface area contributed by atoms with Gasteiger partial charge in [-0.15, -0.1) is 0 Å². The molecule has 0 radical (unpaired) electrons. The van der Waals surface area contributed by atoms with Gasteiger partial charge in [-0.25, -0.2) is 4.98 Å². The molecule has 0 aliphatic carbocycles. The normalized spacial score (nSPS) is 10.8. The fraction of sp³-hybridized carbons (Fsp3) is 0.130. The first-order valence-corrected chi connectivity index (χ1v) is 9.20. The van der Waals surface area contributed by atoms with E-state index in [1.165, 1.54) is 0 Å². The molecule has 0 saturated carbocycles. The van der Waals surface area contributed by atoms with Crippen molar-refractivity contribution in [3.8, 4) is 11.4 Å². The van der Waals surface area contributed by atoms with Crippen molar-refractivity contribution in [2.24, 2.45) is 0 Å². The molecule has 2 N–H and O–H groups in total. The van der Waals surface area contributed by atoms with Crippen LogP contribution in [-0.2, 0) is 11.2 Å². The zero-order valence-electron chi connectivity index (χ0n) is 15.9. The SMILES string of the molecule is CN(C)c1ccc(-c2nc3ccc(NC(=O)Cc4ccccc4)cc3[nH]2)cc1. The molecule has 0 saturated heterocycles. The van der Waals surface area contributed by atoms with Crippen molar-refractivity contribution in [3.63, 3.8) is 0 Å². The minimum atomic E-state index is -0.0374. The van der Waals surface area contributed by atoms with E-state index < -0.39 is 0 Å². The summed E-state index contributed by atoms with van der Waals surface area (Å²) >= 11 is 0. The quantitative estimate of drug-likeness (QED) is 0.545. The molecule has 0 unspecified atom stereocenters. The summed E-state index contributed by atoms with van der Waals surface area (Å²) in [6, 6.07) is 23.7. The first-order valence-electron chi connectivity index (χ1n) is 9.20. The van der Waals surface area contributed by atoms with E-state index in [1.54, 1.807) is 0 Å². The van der Waals surface area contributed by atoms with Crippen molar-refractivity contribution >= 4 is 28.3 Å². The number of hydrogen-bond acceptors (Lipinski definition) is 3. The molecule has 0 fully saturated rings. The first kappa shape index (κ1) is 17.8. The highest BCUT2D eigenvalue weighted by molar-refractivity contribution is 5.94. The van der Waals surface area contributed by atoms with Crippen LogP contribution in [0.2, 0.25) is 0 Å². The molecule has 4 aromatic rings. The maximum absolute atomic E-state index is 12.3. The van der Waals surface area contributed by atoms with Crippen LogP contribution in [0.4, 0.5) is 11.4 Å². The molecule has 0 bridgehead atoms. The average molecular weight is 370 g/mol. The minimum absolute atomic E-state index is 0.0374. The van der Waals surface area contributed by atoms with E-state index in [1.807, 2.05) is 62.6 Å². The number of nitrogens with one attached hydrogen (secondary N) is 2. The third kappa shape index (κ3) is 3.88. The molecule has 28 heavy (non-hydrogen) atoms. The smallest absolute Gasteiger partial charge is 0.228 e. The van der Waals surface area contributed by atoms with E-state index in [0.29, 0.717) is 6.42 Å². The minimum Gasteiger partial charge on any atom is -0.378 e. The number of rotatable bonds is 5. The number of amides is 1. The Hall–Kier alpha value is -3.60. The maximum Gasteiger partial charge on any atom is 0.228 e. The number of carbonyl (C=O) groups excluding carboxylic acids is 1. The largest absolute Gasteiger partial charge is 0.378 e. The molecule has 1 aromatic heterocycles. The Bertz CT molecular complexity index is 1100. The lowest BCUT2D eigenvalue weighted by Gasteiger charge is -2.11. The maximum atomic E-state index is 12.3. The van der Waals surface area contributed by atoms with Crippen LogP contribution in [0.15, 0.2) is 72.8 Å². The van der Waals surface area contributed by atoms with Gasteiger partial charge in [-0.1, -0.05) is 30.3 Å². The predicted octanol–water partition coefficient (Wildman–Crippen LogP) is 4.48. The van der Waals surface area contributed by atoms with Gasteiger partial charge in [0.2, 0.25) is 5.91 Å². The van der Waals surface area contributed by atoms with Gasteiger partial charge in [0.05, 0.1) is 17.5 Å². The van der Waals surface area contributed by atoms with E-state index in [9.17, 15) is 4.79 Å². The number of fused-ring (bicyclic) bond motifs is 1. The molecule has 3 aromatic carbocycles. The van der Waals surface area contributed by atoms with Gasteiger partial charge in [-0.3, -0.25) is 4.79 Å². The number of aromatic amines is 1. The van der Waals surface area contributed by atoms with Crippen molar-refractivity contribution < 1.29 is 4.79 Å². The summed E-state index contributed by atoms with van der Waals surface area (Å²) in [5.41, 5.74) is 5.68. The molecule has 5 nitrogen and oxygen atoms in total. The van der Waals surface area contributed by atoms with Crippen LogP contribution in [0.5, 0.6) is 0 Å². The average Bonchev–Trinajstić information content (AvgIpc) is 3.12. The molecule has 0 aliphatic heterocycles. The van der Waals surface area contributed by atoms with Gasteiger partial charge in [-0.2, -0.15) is 0 Å². The Morgan fingerprint density at radius 1 is 1.00 bits per heavy atom. The van der Waals surface area contributed by atoms with Crippen LogP contribution in [0.25, 0.3) is 22.4 Å². The summed E-state index contributed by atoms with van der Waals surface area (Å²) in [5.74, 6) is 0.776. The number of benzene rings is 3. The number of imidazole rings is 1. The van der Waals surface area contributed by atoms with E-state index in [2.05, 4.69) is 44.5 Å². The standard InChI is InChI=1S/C23H22N4O/c1-27(2)19-11-8-17(9-12-19)23-25-20-13-10-18(15-21(20)26-23)24-22(28)14-16-6-4-3-5-7-16/h3-13,15H,14H2,1-2H3,(H,24,28)(H,25,26). The summed E-state index contributed by atoms with van der Waals surface area (Å²) in [4.78, 5) is 22.4. The second-order valence-corrected chi connectivity index (χ2v) is 6.97. The summed E-state index contributed by atoms with van der Waals surface area (Å²) in [6.45, 7) is 0. The number of nitrogens with zero attached hydrogens (tertiary/aromatic N) is 2. The highest BCUT2D eigenvalue weighted by atomic mass is 16.1. The molecular weight excluding hydrogens is 348 g/mol. The lowest BCUT2D eigenvalue weighted by atomic mass is 10.1.